The molecule has 1 aromatic heterocycles. The van der Waals surface area contributed by atoms with Crippen LogP contribution in [0.5, 0.6) is 0 Å². The van der Waals surface area contributed by atoms with E-state index in [1.807, 2.05) is 13.8 Å². The molecule has 6 N–H and O–H groups in total. The van der Waals surface area contributed by atoms with Crippen LogP contribution >= 0.6 is 0 Å². The quantitative estimate of drug-likeness (QED) is 0.237. The van der Waals surface area contributed by atoms with E-state index in [-0.39, 0.29) is 23.9 Å². The van der Waals surface area contributed by atoms with E-state index in [0.29, 0.717) is 0 Å². The van der Waals surface area contributed by atoms with Gasteiger partial charge in [0, 0.05) is 6.54 Å². The van der Waals surface area contributed by atoms with Crippen molar-refractivity contribution in [3.05, 3.63) is 5.69 Å². The van der Waals surface area contributed by atoms with Crippen molar-refractivity contribution in [1.82, 2.24) is 10.3 Å². The third-order valence-corrected chi connectivity index (χ3v) is 2.17. The van der Waals surface area contributed by atoms with Crippen molar-refractivity contribution < 1.29 is 18.2 Å². The van der Waals surface area contributed by atoms with E-state index in [0.717, 1.165) is 0 Å². The smallest absolute Gasteiger partial charge is 0.231 e. The van der Waals surface area contributed by atoms with Gasteiger partial charge in [-0.3, -0.25) is 4.18 Å². The first-order chi connectivity index (χ1) is 9.04. The number of rotatable bonds is 6. The zero-order valence-electron chi connectivity index (χ0n) is 10.9. The van der Waals surface area contributed by atoms with Crippen LogP contribution in [0.15, 0.2) is 9.78 Å². The number of nitrogens with two attached hydrogens (primary N) is 2. The van der Waals surface area contributed by atoms with E-state index >= 15 is 0 Å². The van der Waals surface area contributed by atoms with Crippen LogP contribution in [0.3, 0.4) is 0 Å². The molecule has 19 heavy (non-hydrogen) atoms. The molecule has 0 aliphatic rings. The topological polar surface area (TPSA) is 162 Å². The molecule has 0 aliphatic carbocycles. The van der Waals surface area contributed by atoms with Crippen LogP contribution in [0.1, 0.15) is 26.5 Å². The first kappa shape index (κ1) is 17.3. The number of nitrogens with zero attached hydrogens (tertiary/aromatic N) is 3. The number of aromatic nitrogens is 2. The molecule has 0 saturated carbocycles. The lowest BCUT2D eigenvalue weighted by Crippen LogP contribution is -2.25. The summed E-state index contributed by atoms with van der Waals surface area (Å²) in [7, 11) is 0. The Kier molecular flexibility index (Phi) is 8.41. The van der Waals surface area contributed by atoms with Crippen LogP contribution in [-0.4, -0.2) is 38.2 Å². The molecule has 1 rings (SSSR count). The lowest BCUT2D eigenvalue weighted by atomic mass is 10.3. The first-order valence-corrected chi connectivity index (χ1v) is 6.56. The molecule has 0 aromatic carbocycles. The van der Waals surface area contributed by atoms with E-state index in [9.17, 15) is 4.21 Å². The molecular formula is C8H18N6O4S. The van der Waals surface area contributed by atoms with Gasteiger partial charge in [0.15, 0.2) is 11.5 Å². The predicted molar refractivity (Wildman–Crippen MR) is 69.5 cm³/mol. The summed E-state index contributed by atoms with van der Waals surface area (Å²) < 4.78 is 19.8. The van der Waals surface area contributed by atoms with Crippen molar-refractivity contribution in [3.63, 3.8) is 0 Å². The minimum absolute atomic E-state index is 0.0635. The zero-order chi connectivity index (χ0) is 14.8. The van der Waals surface area contributed by atoms with E-state index in [1.165, 1.54) is 0 Å². The van der Waals surface area contributed by atoms with Gasteiger partial charge in [-0.15, -0.1) is 0 Å². The van der Waals surface area contributed by atoms with Gasteiger partial charge in [-0.05, 0) is 17.2 Å². The molecule has 0 radical (unpaired) electrons. The van der Waals surface area contributed by atoms with Gasteiger partial charge in [-0.25, -0.2) is 14.0 Å². The monoisotopic (exact) mass is 294 g/mol. The first-order valence-electron chi connectivity index (χ1n) is 5.42. The molecule has 0 amide bonds. The summed E-state index contributed by atoms with van der Waals surface area (Å²) >= 11 is -1.85. The van der Waals surface area contributed by atoms with Crippen LogP contribution < -0.4 is 16.2 Å². The maximum Gasteiger partial charge on any atom is 0.231 e. The minimum atomic E-state index is -1.85. The highest BCUT2D eigenvalue weighted by Gasteiger charge is 2.15. The van der Waals surface area contributed by atoms with Crippen LogP contribution in [0.4, 0.5) is 5.82 Å². The Morgan fingerprint density at radius 1 is 1.63 bits per heavy atom. The van der Waals surface area contributed by atoms with Crippen LogP contribution in [-0.2, 0) is 15.4 Å². The molecule has 0 fully saturated rings. The van der Waals surface area contributed by atoms with Crippen molar-refractivity contribution >= 4 is 22.9 Å². The Hall–Kier alpha value is -1.72. The van der Waals surface area contributed by atoms with Crippen LogP contribution in [0, 0.1) is 0 Å². The predicted octanol–water partition coefficient (Wildman–Crippen LogP) is -0.455. The molecule has 10 nitrogen and oxygen atoms in total. The summed E-state index contributed by atoms with van der Waals surface area (Å²) in [6.45, 7) is 5.89. The van der Waals surface area contributed by atoms with Gasteiger partial charge in [0.05, 0.1) is 6.10 Å². The summed E-state index contributed by atoms with van der Waals surface area (Å²) in [5, 5.41) is 25.9. The van der Waals surface area contributed by atoms with E-state index < -0.39 is 17.4 Å². The average molecular weight is 294 g/mol. The van der Waals surface area contributed by atoms with E-state index in [2.05, 4.69) is 25.4 Å². The standard InChI is InChI=1S/C6H12N6O4S.C2H6/c1-3(15-17(8)14)2-9-6-4(5(7)10-13)11-16-12-6;1-2/h3,13H,2,8H2,1H3,(H2,7,10)(H,9,12);1-2H3/t3-,17?;/m0./s1. The van der Waals surface area contributed by atoms with Gasteiger partial charge in [0.2, 0.25) is 17.1 Å². The Morgan fingerprint density at radius 3 is 2.79 bits per heavy atom. The zero-order valence-corrected chi connectivity index (χ0v) is 11.7. The van der Waals surface area contributed by atoms with Crippen molar-refractivity contribution in [2.75, 3.05) is 11.9 Å². The third-order valence-electron chi connectivity index (χ3n) is 1.65. The molecular weight excluding hydrogens is 276 g/mol. The second-order valence-corrected chi connectivity index (χ2v) is 3.71. The molecule has 0 saturated heterocycles. The van der Waals surface area contributed by atoms with Gasteiger partial charge in [0.25, 0.3) is 0 Å². The SMILES string of the molecule is CC.C[C@@H](CNc1nonc1/C(N)=N/O)OS(N)=O. The highest BCUT2D eigenvalue weighted by atomic mass is 32.2. The maximum absolute atomic E-state index is 10.6. The van der Waals surface area contributed by atoms with Gasteiger partial charge in [-0.1, -0.05) is 19.0 Å². The van der Waals surface area contributed by atoms with Crippen molar-refractivity contribution in [2.45, 2.75) is 26.9 Å². The van der Waals surface area contributed by atoms with Gasteiger partial charge in [-0.2, -0.15) is 0 Å². The molecule has 110 valence electrons. The molecule has 1 unspecified atom stereocenters. The molecule has 0 spiro atoms. The summed E-state index contributed by atoms with van der Waals surface area (Å²) in [6.07, 6.45) is -0.433. The molecule has 0 aliphatic heterocycles. The van der Waals surface area contributed by atoms with E-state index in [4.69, 9.17) is 20.3 Å². The van der Waals surface area contributed by atoms with Crippen molar-refractivity contribution in [1.29, 1.82) is 0 Å². The second-order valence-electron chi connectivity index (χ2n) is 2.99. The summed E-state index contributed by atoms with van der Waals surface area (Å²) in [5.74, 6) is -0.0664. The van der Waals surface area contributed by atoms with Gasteiger partial charge >= 0.3 is 0 Å². The fourth-order valence-electron chi connectivity index (χ4n) is 0.956. The molecule has 1 heterocycles. The highest BCUT2D eigenvalue weighted by Crippen LogP contribution is 2.09. The molecule has 1 aromatic rings. The lowest BCUT2D eigenvalue weighted by molar-refractivity contribution is 0.261. The van der Waals surface area contributed by atoms with Crippen molar-refractivity contribution in [2.24, 2.45) is 16.0 Å². The van der Waals surface area contributed by atoms with Crippen LogP contribution in [0.2, 0.25) is 0 Å². The molecule has 2 atom stereocenters. The largest absolute Gasteiger partial charge is 0.409 e. The van der Waals surface area contributed by atoms with E-state index in [1.54, 1.807) is 6.92 Å². The average Bonchev–Trinajstić information content (AvgIpc) is 2.85. The summed E-state index contributed by atoms with van der Waals surface area (Å²) in [5.41, 5.74) is 5.39. The normalized spacial score (nSPS) is 14.2. The minimum Gasteiger partial charge on any atom is -0.409 e. The Morgan fingerprint density at radius 2 is 2.26 bits per heavy atom. The Labute approximate surface area is 112 Å². The molecule has 11 heteroatoms. The molecule has 0 bridgehead atoms. The number of nitrogens with one attached hydrogen (secondary N) is 1. The summed E-state index contributed by atoms with van der Waals surface area (Å²) in [4.78, 5) is 0. The number of oxime groups is 1. The fourth-order valence-corrected chi connectivity index (χ4v) is 1.35. The third kappa shape index (κ3) is 6.13. The maximum atomic E-state index is 10.6. The second kappa shape index (κ2) is 9.24. The van der Waals surface area contributed by atoms with Gasteiger partial charge < -0.3 is 16.3 Å². The van der Waals surface area contributed by atoms with Crippen LogP contribution in [0.25, 0.3) is 0 Å². The number of hydrogen-bond donors (Lipinski definition) is 4. The number of anilines is 1. The van der Waals surface area contributed by atoms with Crippen molar-refractivity contribution in [3.8, 4) is 0 Å². The lowest BCUT2D eigenvalue weighted by Gasteiger charge is -2.10. The number of hydrogen-bond acceptors (Lipinski definition) is 8. The summed E-state index contributed by atoms with van der Waals surface area (Å²) in [6, 6.07) is 0. The fraction of sp³-hybridized carbons (Fsp3) is 0.625. The highest BCUT2D eigenvalue weighted by molar-refractivity contribution is 7.77. The van der Waals surface area contributed by atoms with Gasteiger partial charge in [0.1, 0.15) is 0 Å². The Bertz CT molecular complexity index is 423. The number of amidine groups is 1. The Balaban J connectivity index is 0.00000154.